The van der Waals surface area contributed by atoms with Gasteiger partial charge in [-0.15, -0.1) is 11.3 Å². The van der Waals surface area contributed by atoms with Crippen LogP contribution < -0.4 is 5.56 Å². The van der Waals surface area contributed by atoms with Crippen molar-refractivity contribution in [2.24, 2.45) is 0 Å². The lowest BCUT2D eigenvalue weighted by atomic mass is 10.2. The van der Waals surface area contributed by atoms with Gasteiger partial charge in [-0.05, 0) is 30.7 Å². The van der Waals surface area contributed by atoms with E-state index in [4.69, 9.17) is 5.11 Å². The lowest BCUT2D eigenvalue weighted by Crippen LogP contribution is -2.17. The summed E-state index contributed by atoms with van der Waals surface area (Å²) >= 11 is 1.59. The van der Waals surface area contributed by atoms with Crippen molar-refractivity contribution in [1.82, 2.24) is 4.98 Å². The highest BCUT2D eigenvalue weighted by Gasteiger charge is 2.10. The molecular weight excluding hydrogens is 238 g/mol. The molecule has 0 aromatic carbocycles. The fourth-order valence-corrected chi connectivity index (χ4v) is 2.43. The van der Waals surface area contributed by atoms with Gasteiger partial charge >= 0.3 is 5.97 Å². The molecule has 5 heteroatoms. The molecule has 0 atom stereocenters. The van der Waals surface area contributed by atoms with Crippen LogP contribution in [0.5, 0.6) is 0 Å². The Balaban J connectivity index is 2.44. The number of H-pyrrole nitrogens is 1. The van der Waals surface area contributed by atoms with Gasteiger partial charge in [-0.2, -0.15) is 0 Å². The Morgan fingerprint density at radius 3 is 2.65 bits per heavy atom. The van der Waals surface area contributed by atoms with Crippen LogP contribution in [0.1, 0.15) is 22.2 Å². The van der Waals surface area contributed by atoms with E-state index in [-0.39, 0.29) is 5.56 Å². The maximum Gasteiger partial charge on any atom is 0.341 e. The van der Waals surface area contributed by atoms with Crippen molar-refractivity contribution in [2.75, 3.05) is 0 Å². The average Bonchev–Trinajstić information content (AvgIpc) is 2.76. The number of aromatic nitrogens is 1. The number of aryl methyl sites for hydroxylation is 1. The van der Waals surface area contributed by atoms with E-state index < -0.39 is 11.5 Å². The van der Waals surface area contributed by atoms with Crippen LogP contribution >= 0.6 is 11.3 Å². The van der Waals surface area contributed by atoms with Gasteiger partial charge in [0.25, 0.3) is 5.56 Å². The van der Waals surface area contributed by atoms with Gasteiger partial charge in [0.1, 0.15) is 5.56 Å². The van der Waals surface area contributed by atoms with Crippen molar-refractivity contribution in [3.63, 3.8) is 0 Å². The summed E-state index contributed by atoms with van der Waals surface area (Å²) in [6, 6.07) is 6.89. The molecule has 0 aliphatic heterocycles. The van der Waals surface area contributed by atoms with Gasteiger partial charge in [-0.1, -0.05) is 6.92 Å². The Morgan fingerprint density at radius 1 is 1.35 bits per heavy atom. The molecule has 2 heterocycles. The topological polar surface area (TPSA) is 70.2 Å². The number of carbonyl (C=O) groups is 1. The first-order valence-electron chi connectivity index (χ1n) is 5.17. The minimum Gasteiger partial charge on any atom is -0.477 e. The van der Waals surface area contributed by atoms with Gasteiger partial charge in [0.15, 0.2) is 0 Å². The minimum atomic E-state index is -1.21. The number of rotatable bonds is 3. The van der Waals surface area contributed by atoms with Gasteiger partial charge in [-0.3, -0.25) is 4.79 Å². The van der Waals surface area contributed by atoms with Gasteiger partial charge in [0, 0.05) is 4.88 Å². The molecule has 0 saturated heterocycles. The number of aromatic carboxylic acids is 1. The second kappa shape index (κ2) is 4.55. The first-order chi connectivity index (χ1) is 8.11. The zero-order valence-corrected chi connectivity index (χ0v) is 10.0. The molecule has 0 fully saturated rings. The van der Waals surface area contributed by atoms with Gasteiger partial charge in [0.2, 0.25) is 0 Å². The molecule has 2 aromatic rings. The summed E-state index contributed by atoms with van der Waals surface area (Å²) in [7, 11) is 0. The quantitative estimate of drug-likeness (QED) is 0.877. The number of aromatic amines is 1. The molecule has 0 aliphatic carbocycles. The third-order valence-corrected chi connectivity index (χ3v) is 3.68. The second-order valence-electron chi connectivity index (χ2n) is 3.54. The van der Waals surface area contributed by atoms with E-state index in [1.54, 1.807) is 17.4 Å². The Labute approximate surface area is 102 Å². The highest BCUT2D eigenvalue weighted by molar-refractivity contribution is 7.15. The summed E-state index contributed by atoms with van der Waals surface area (Å²) in [5.74, 6) is -1.21. The van der Waals surface area contributed by atoms with Gasteiger partial charge < -0.3 is 10.1 Å². The zero-order valence-electron chi connectivity index (χ0n) is 9.19. The Kier molecular flexibility index (Phi) is 3.10. The Hall–Kier alpha value is -1.88. The van der Waals surface area contributed by atoms with E-state index in [1.165, 1.54) is 10.9 Å². The van der Waals surface area contributed by atoms with E-state index in [0.717, 1.165) is 11.3 Å². The van der Waals surface area contributed by atoms with Crippen LogP contribution in [0.3, 0.4) is 0 Å². The highest BCUT2D eigenvalue weighted by Crippen LogP contribution is 2.26. The monoisotopic (exact) mass is 249 g/mol. The van der Waals surface area contributed by atoms with E-state index in [0.29, 0.717) is 5.69 Å². The highest BCUT2D eigenvalue weighted by atomic mass is 32.1. The summed E-state index contributed by atoms with van der Waals surface area (Å²) in [5, 5.41) is 8.75. The van der Waals surface area contributed by atoms with Crippen molar-refractivity contribution >= 4 is 17.3 Å². The van der Waals surface area contributed by atoms with Gasteiger partial charge in [-0.25, -0.2) is 4.79 Å². The smallest absolute Gasteiger partial charge is 0.341 e. The first kappa shape index (κ1) is 11.6. The average molecular weight is 249 g/mol. The van der Waals surface area contributed by atoms with E-state index in [9.17, 15) is 9.59 Å². The Bertz CT molecular complexity index is 612. The molecule has 0 amide bonds. The molecule has 17 heavy (non-hydrogen) atoms. The number of hydrogen-bond acceptors (Lipinski definition) is 3. The van der Waals surface area contributed by atoms with Crippen molar-refractivity contribution in [1.29, 1.82) is 0 Å². The minimum absolute atomic E-state index is 0.235. The van der Waals surface area contributed by atoms with Crippen molar-refractivity contribution in [3.05, 3.63) is 45.1 Å². The molecule has 0 radical (unpaired) electrons. The molecule has 0 aliphatic rings. The molecule has 0 spiro atoms. The lowest BCUT2D eigenvalue weighted by molar-refractivity contribution is 0.0695. The molecule has 0 bridgehead atoms. The van der Waals surface area contributed by atoms with Crippen molar-refractivity contribution in [2.45, 2.75) is 13.3 Å². The number of carboxylic acid groups (broad SMARTS) is 1. The molecule has 2 rings (SSSR count). The van der Waals surface area contributed by atoms with Gasteiger partial charge in [0.05, 0.1) is 10.6 Å². The van der Waals surface area contributed by atoms with Crippen LogP contribution in [-0.2, 0) is 6.42 Å². The van der Waals surface area contributed by atoms with Crippen LogP contribution in [0.15, 0.2) is 29.1 Å². The Morgan fingerprint density at radius 2 is 2.12 bits per heavy atom. The van der Waals surface area contributed by atoms with Crippen LogP contribution in [0, 0.1) is 0 Å². The fourth-order valence-electron chi connectivity index (χ4n) is 1.50. The number of carboxylic acids is 1. The molecule has 2 aromatic heterocycles. The molecular formula is C12H11NO3S. The SMILES string of the molecule is CCc1ccc(-c2ccc(C(=O)O)c(=O)[nH]2)s1. The fraction of sp³-hybridized carbons (Fsp3) is 0.167. The zero-order chi connectivity index (χ0) is 12.4. The van der Waals surface area contributed by atoms with Crippen LogP contribution in [0.2, 0.25) is 0 Å². The third-order valence-electron chi connectivity index (χ3n) is 2.42. The first-order valence-corrected chi connectivity index (χ1v) is 5.99. The molecule has 4 nitrogen and oxygen atoms in total. The number of thiophene rings is 1. The summed E-state index contributed by atoms with van der Waals surface area (Å²) < 4.78 is 0. The number of pyridine rings is 1. The molecule has 88 valence electrons. The molecule has 0 saturated carbocycles. The second-order valence-corrected chi connectivity index (χ2v) is 4.71. The molecule has 0 unspecified atom stereocenters. The van der Waals surface area contributed by atoms with E-state index in [1.807, 2.05) is 12.1 Å². The maximum absolute atomic E-state index is 11.5. The third kappa shape index (κ3) is 2.29. The predicted octanol–water partition coefficient (Wildman–Crippen LogP) is 2.36. The summed E-state index contributed by atoms with van der Waals surface area (Å²) in [6.45, 7) is 2.06. The summed E-state index contributed by atoms with van der Waals surface area (Å²) in [4.78, 5) is 27.0. The predicted molar refractivity (Wildman–Crippen MR) is 66.7 cm³/mol. The van der Waals surface area contributed by atoms with Crippen LogP contribution in [0.4, 0.5) is 0 Å². The summed E-state index contributed by atoms with van der Waals surface area (Å²) in [6.07, 6.45) is 0.947. The largest absolute Gasteiger partial charge is 0.477 e. The van der Waals surface area contributed by atoms with Crippen molar-refractivity contribution in [3.8, 4) is 10.6 Å². The normalized spacial score (nSPS) is 10.4. The van der Waals surface area contributed by atoms with E-state index >= 15 is 0 Å². The van der Waals surface area contributed by atoms with Crippen LogP contribution in [0.25, 0.3) is 10.6 Å². The number of hydrogen-bond donors (Lipinski definition) is 2. The maximum atomic E-state index is 11.5. The molecule has 2 N–H and O–H groups in total. The van der Waals surface area contributed by atoms with E-state index in [2.05, 4.69) is 11.9 Å². The lowest BCUT2D eigenvalue weighted by Gasteiger charge is -1.98. The number of nitrogens with one attached hydrogen (secondary N) is 1. The van der Waals surface area contributed by atoms with Crippen LogP contribution in [-0.4, -0.2) is 16.1 Å². The van der Waals surface area contributed by atoms with Crippen molar-refractivity contribution < 1.29 is 9.90 Å². The standard InChI is InChI=1S/C12H11NO3S/c1-2-7-3-6-10(17-7)9-5-4-8(12(15)16)11(14)13-9/h3-6H,2H2,1H3,(H,13,14)(H,15,16). The summed E-state index contributed by atoms with van der Waals surface area (Å²) in [5.41, 5.74) is -0.146.